The number of Topliss-reactive ketones (excluding diaryl/α,β-unsaturated/α-hetero) is 1. The number of anilines is 1. The Morgan fingerprint density at radius 2 is 1.68 bits per heavy atom. The molecule has 188 valence electrons. The van der Waals surface area contributed by atoms with Gasteiger partial charge in [-0.05, 0) is 80.4 Å². The zero-order chi connectivity index (χ0) is 26.3. The van der Waals surface area contributed by atoms with Gasteiger partial charge in [0.25, 0.3) is 5.78 Å². The van der Waals surface area contributed by atoms with Crippen molar-refractivity contribution in [3.05, 3.63) is 89.0 Å². The molecule has 1 unspecified atom stereocenters. The van der Waals surface area contributed by atoms with Crippen LogP contribution in [0.4, 0.5) is 5.95 Å². The molecular formula is C29H27N3O5. The van der Waals surface area contributed by atoms with Crippen LogP contribution in [0, 0.1) is 6.92 Å². The fourth-order valence-electron chi connectivity index (χ4n) is 4.50. The number of benzene rings is 3. The fourth-order valence-corrected chi connectivity index (χ4v) is 4.50. The molecule has 1 amide bonds. The lowest BCUT2D eigenvalue weighted by Gasteiger charge is -2.23. The van der Waals surface area contributed by atoms with Gasteiger partial charge in [-0.3, -0.25) is 14.5 Å². The van der Waals surface area contributed by atoms with E-state index in [1.54, 1.807) is 55.6 Å². The second kappa shape index (κ2) is 9.46. The molecule has 8 heteroatoms. The molecule has 5 rings (SSSR count). The number of rotatable bonds is 6. The fraction of sp³-hybridized carbons (Fsp3) is 0.207. The molecule has 4 aromatic rings. The standard InChI is InChI=1S/C29H27N3O5/c1-16(2)37-21-12-6-18(7-13-21)25-24(26(33)19-8-10-20(36-4)11-9-19)27(34)28(35)32(25)29-30-22-14-5-17(3)15-23(22)31-29/h5-16,25,33H,1-4H3,(H,30,31)/b26-24+. The zero-order valence-corrected chi connectivity index (χ0v) is 21.0. The highest BCUT2D eigenvalue weighted by molar-refractivity contribution is 6.51. The number of hydrogen-bond acceptors (Lipinski definition) is 6. The highest BCUT2D eigenvalue weighted by Gasteiger charge is 2.48. The van der Waals surface area contributed by atoms with Crippen molar-refractivity contribution in [3.8, 4) is 11.5 Å². The van der Waals surface area contributed by atoms with Crippen molar-refractivity contribution >= 4 is 34.4 Å². The lowest BCUT2D eigenvalue weighted by Crippen LogP contribution is -2.30. The number of carbonyl (C=O) groups is 2. The summed E-state index contributed by atoms with van der Waals surface area (Å²) in [4.78, 5) is 35.9. The van der Waals surface area contributed by atoms with Crippen LogP contribution >= 0.6 is 0 Å². The van der Waals surface area contributed by atoms with Crippen molar-refractivity contribution in [2.45, 2.75) is 32.9 Å². The molecule has 3 aromatic carbocycles. The van der Waals surface area contributed by atoms with Crippen molar-refractivity contribution in [1.29, 1.82) is 0 Å². The number of nitrogens with one attached hydrogen (secondary N) is 1. The molecule has 1 aromatic heterocycles. The minimum atomic E-state index is -0.906. The van der Waals surface area contributed by atoms with E-state index in [4.69, 9.17) is 9.47 Å². The zero-order valence-electron chi connectivity index (χ0n) is 21.0. The largest absolute Gasteiger partial charge is 0.507 e. The van der Waals surface area contributed by atoms with Gasteiger partial charge in [-0.15, -0.1) is 0 Å². The number of fused-ring (bicyclic) bond motifs is 1. The summed E-state index contributed by atoms with van der Waals surface area (Å²) < 4.78 is 11.0. The minimum Gasteiger partial charge on any atom is -0.507 e. The quantitative estimate of drug-likeness (QED) is 0.213. The van der Waals surface area contributed by atoms with Gasteiger partial charge in [0, 0.05) is 5.56 Å². The van der Waals surface area contributed by atoms with E-state index >= 15 is 0 Å². The van der Waals surface area contributed by atoms with Gasteiger partial charge in [0.15, 0.2) is 0 Å². The number of aromatic nitrogens is 2. The average molecular weight is 498 g/mol. The van der Waals surface area contributed by atoms with Crippen molar-refractivity contribution in [2.75, 3.05) is 12.0 Å². The summed E-state index contributed by atoms with van der Waals surface area (Å²) in [6.07, 6.45) is -0.00874. The maximum atomic E-state index is 13.4. The summed E-state index contributed by atoms with van der Waals surface area (Å²) in [5, 5.41) is 11.3. The van der Waals surface area contributed by atoms with Gasteiger partial charge < -0.3 is 19.6 Å². The first-order chi connectivity index (χ1) is 17.8. The first-order valence-electron chi connectivity index (χ1n) is 11.9. The Morgan fingerprint density at radius 3 is 2.32 bits per heavy atom. The monoisotopic (exact) mass is 497 g/mol. The van der Waals surface area contributed by atoms with Crippen LogP contribution in [0.25, 0.3) is 16.8 Å². The Balaban J connectivity index is 1.67. The third-order valence-corrected chi connectivity index (χ3v) is 6.23. The maximum absolute atomic E-state index is 13.4. The number of imidazole rings is 1. The topological polar surface area (TPSA) is 105 Å². The highest BCUT2D eigenvalue weighted by Crippen LogP contribution is 2.42. The van der Waals surface area contributed by atoms with Crippen molar-refractivity contribution < 1.29 is 24.2 Å². The predicted molar refractivity (Wildman–Crippen MR) is 141 cm³/mol. The number of carbonyl (C=O) groups excluding carboxylic acids is 2. The molecule has 1 aliphatic rings. The van der Waals surface area contributed by atoms with Crippen LogP contribution in [0.5, 0.6) is 11.5 Å². The SMILES string of the molecule is COc1ccc(/C(O)=C2\C(=O)C(=O)N(c3nc4ccc(C)cc4[nH]3)C2c2ccc(OC(C)C)cc2)cc1. The summed E-state index contributed by atoms with van der Waals surface area (Å²) >= 11 is 0. The lowest BCUT2D eigenvalue weighted by atomic mass is 9.95. The first kappa shape index (κ1) is 24.1. The van der Waals surface area contributed by atoms with E-state index in [1.807, 2.05) is 39.0 Å². The van der Waals surface area contributed by atoms with Gasteiger partial charge in [-0.25, -0.2) is 4.98 Å². The van der Waals surface area contributed by atoms with E-state index in [1.165, 1.54) is 4.90 Å². The highest BCUT2D eigenvalue weighted by atomic mass is 16.5. The summed E-state index contributed by atoms with van der Waals surface area (Å²) in [5.41, 5.74) is 3.43. The summed E-state index contributed by atoms with van der Waals surface area (Å²) in [7, 11) is 1.54. The molecular weight excluding hydrogens is 470 g/mol. The van der Waals surface area contributed by atoms with Gasteiger partial charge in [0.05, 0.1) is 35.9 Å². The Labute approximate surface area is 214 Å². The summed E-state index contributed by atoms with van der Waals surface area (Å²) in [6.45, 7) is 5.82. The van der Waals surface area contributed by atoms with E-state index in [0.29, 0.717) is 28.1 Å². The average Bonchev–Trinajstić information content (AvgIpc) is 3.41. The van der Waals surface area contributed by atoms with Crippen molar-refractivity contribution in [2.24, 2.45) is 0 Å². The lowest BCUT2D eigenvalue weighted by molar-refractivity contribution is -0.132. The van der Waals surface area contributed by atoms with Gasteiger partial charge in [0.1, 0.15) is 17.3 Å². The van der Waals surface area contributed by atoms with E-state index in [9.17, 15) is 14.7 Å². The number of ether oxygens (including phenoxy) is 2. The van der Waals surface area contributed by atoms with E-state index in [0.717, 1.165) is 11.1 Å². The van der Waals surface area contributed by atoms with Gasteiger partial charge in [-0.1, -0.05) is 18.2 Å². The Morgan fingerprint density at radius 1 is 1.00 bits per heavy atom. The number of aryl methyl sites for hydroxylation is 1. The molecule has 0 aliphatic carbocycles. The van der Waals surface area contributed by atoms with Crippen LogP contribution in [0.3, 0.4) is 0 Å². The molecule has 2 heterocycles. The maximum Gasteiger partial charge on any atom is 0.302 e. The second-order valence-corrected chi connectivity index (χ2v) is 9.21. The molecule has 0 saturated carbocycles. The smallest absolute Gasteiger partial charge is 0.302 e. The summed E-state index contributed by atoms with van der Waals surface area (Å²) in [6, 6.07) is 18.6. The number of ketones is 1. The number of aliphatic hydroxyl groups excluding tert-OH is 1. The molecule has 37 heavy (non-hydrogen) atoms. The summed E-state index contributed by atoms with van der Waals surface area (Å²) in [5.74, 6) is -0.361. The Hall–Kier alpha value is -4.59. The van der Waals surface area contributed by atoms with Crippen LogP contribution in [0.1, 0.15) is 36.6 Å². The number of H-pyrrole nitrogens is 1. The molecule has 1 aliphatic heterocycles. The van der Waals surface area contributed by atoms with E-state index < -0.39 is 17.7 Å². The number of aliphatic hydroxyl groups is 1. The van der Waals surface area contributed by atoms with Gasteiger partial charge in [-0.2, -0.15) is 0 Å². The number of hydrogen-bond donors (Lipinski definition) is 2. The van der Waals surface area contributed by atoms with Crippen LogP contribution < -0.4 is 14.4 Å². The van der Waals surface area contributed by atoms with Crippen LogP contribution in [0.15, 0.2) is 72.3 Å². The number of methoxy groups -OCH3 is 1. The third-order valence-electron chi connectivity index (χ3n) is 6.23. The number of amides is 1. The van der Waals surface area contributed by atoms with Crippen LogP contribution in [0.2, 0.25) is 0 Å². The van der Waals surface area contributed by atoms with Crippen molar-refractivity contribution in [3.63, 3.8) is 0 Å². The molecule has 1 atom stereocenters. The molecule has 1 saturated heterocycles. The first-order valence-corrected chi connectivity index (χ1v) is 11.9. The molecule has 0 spiro atoms. The van der Waals surface area contributed by atoms with E-state index in [2.05, 4.69) is 9.97 Å². The molecule has 8 nitrogen and oxygen atoms in total. The molecule has 1 fully saturated rings. The predicted octanol–water partition coefficient (Wildman–Crippen LogP) is 5.29. The molecule has 0 bridgehead atoms. The van der Waals surface area contributed by atoms with E-state index in [-0.39, 0.29) is 23.4 Å². The second-order valence-electron chi connectivity index (χ2n) is 9.21. The number of nitrogens with zero attached hydrogens (tertiary/aromatic N) is 2. The van der Waals surface area contributed by atoms with Gasteiger partial charge in [0.2, 0.25) is 5.95 Å². The normalized spacial score (nSPS) is 17.1. The van der Waals surface area contributed by atoms with Gasteiger partial charge >= 0.3 is 5.91 Å². The number of aromatic amines is 1. The van der Waals surface area contributed by atoms with Crippen LogP contribution in [-0.2, 0) is 9.59 Å². The molecule has 0 radical (unpaired) electrons. The minimum absolute atomic E-state index is 0.00874. The van der Waals surface area contributed by atoms with Crippen molar-refractivity contribution in [1.82, 2.24) is 9.97 Å². The Bertz CT molecular complexity index is 1520. The Kier molecular flexibility index (Phi) is 6.17. The third kappa shape index (κ3) is 4.42. The van der Waals surface area contributed by atoms with Crippen LogP contribution in [-0.4, -0.2) is 40.0 Å². The molecule has 2 N–H and O–H groups in total.